The number of rotatable bonds is 5. The molecule has 9 heteroatoms. The van der Waals surface area contributed by atoms with Crippen molar-refractivity contribution in [1.29, 1.82) is 0 Å². The second-order valence-electron chi connectivity index (χ2n) is 5.65. The van der Waals surface area contributed by atoms with E-state index in [-0.39, 0.29) is 66.0 Å². The van der Waals surface area contributed by atoms with Crippen molar-refractivity contribution in [2.45, 2.75) is 40.2 Å². The first-order valence-electron chi connectivity index (χ1n) is 7.48. The molecule has 0 saturated heterocycles. The fraction of sp³-hybridized carbons (Fsp3) is 0.471. The molecular formula is C17H21CuLiO7+. The molecule has 1 rings (SSSR count). The normalized spacial score (nSPS) is 9.88. The van der Waals surface area contributed by atoms with E-state index in [1.54, 1.807) is 34.6 Å². The van der Waals surface area contributed by atoms with E-state index in [1.165, 1.54) is 12.1 Å². The molecule has 0 spiro atoms. The third-order valence-corrected chi connectivity index (χ3v) is 2.43. The molecule has 26 heavy (non-hydrogen) atoms. The van der Waals surface area contributed by atoms with Crippen molar-refractivity contribution in [3.05, 3.63) is 29.3 Å². The molecule has 0 bridgehead atoms. The van der Waals surface area contributed by atoms with E-state index in [0.29, 0.717) is 0 Å². The third kappa shape index (κ3) is 9.30. The molecule has 0 aliphatic carbocycles. The number of carbonyl (C=O) groups excluding carboxylic acids is 3. The Labute approximate surface area is 175 Å². The van der Waals surface area contributed by atoms with Gasteiger partial charge in [0.1, 0.15) is 5.60 Å². The summed E-state index contributed by atoms with van der Waals surface area (Å²) >= 11 is 0. The van der Waals surface area contributed by atoms with Gasteiger partial charge in [-0.05, 0) is 40.2 Å². The Balaban J connectivity index is 0. The van der Waals surface area contributed by atoms with Gasteiger partial charge >= 0.3 is 29.2 Å². The fourth-order valence-electron chi connectivity index (χ4n) is 1.61. The molecule has 0 atom stereocenters. The minimum Gasteiger partial charge on any atom is -0.506 e. The van der Waals surface area contributed by atoms with Crippen molar-refractivity contribution >= 4 is 37.0 Å². The third-order valence-electron chi connectivity index (χ3n) is 2.43. The monoisotopic (exact) mass is 407 g/mol. The Morgan fingerprint density at radius 3 is 2.04 bits per heavy atom. The molecule has 142 valence electrons. The van der Waals surface area contributed by atoms with Gasteiger partial charge in [0, 0.05) is 18.9 Å². The van der Waals surface area contributed by atoms with E-state index < -0.39 is 23.7 Å². The zero-order valence-corrected chi connectivity index (χ0v) is 16.7. The topological polar surface area (TPSA) is 88.1 Å². The van der Waals surface area contributed by atoms with Crippen molar-refractivity contribution in [2.75, 3.05) is 13.2 Å². The minimum absolute atomic E-state index is 0. The molecule has 0 amide bonds. The van der Waals surface area contributed by atoms with Gasteiger partial charge in [-0.1, -0.05) is 17.7 Å². The van der Waals surface area contributed by atoms with Crippen LogP contribution in [0.4, 0.5) is 4.79 Å². The van der Waals surface area contributed by atoms with Crippen LogP contribution in [0.3, 0.4) is 0 Å². The van der Waals surface area contributed by atoms with Crippen molar-refractivity contribution in [3.8, 4) is 5.75 Å². The van der Waals surface area contributed by atoms with E-state index in [1.807, 2.05) is 0 Å². The molecule has 0 N–H and O–H groups in total. The average Bonchev–Trinajstić information content (AvgIpc) is 2.45. The van der Waals surface area contributed by atoms with E-state index in [0.717, 1.165) is 0 Å². The van der Waals surface area contributed by atoms with Gasteiger partial charge in [0.25, 0.3) is 0 Å². The molecule has 1 aromatic carbocycles. The summed E-state index contributed by atoms with van der Waals surface area (Å²) in [5, 5.41) is 0. The summed E-state index contributed by atoms with van der Waals surface area (Å²) in [4.78, 5) is 35.5. The Morgan fingerprint density at radius 1 is 1.00 bits per heavy atom. The molecular weight excluding hydrogens is 387 g/mol. The first-order valence-corrected chi connectivity index (χ1v) is 7.48. The summed E-state index contributed by atoms with van der Waals surface area (Å²) in [5.41, 5.74) is -0.766. The smallest absolute Gasteiger partial charge is 0.506 e. The number of ether oxygens (including phenoxy) is 4. The molecule has 0 unspecified atom stereocenters. The van der Waals surface area contributed by atoms with E-state index >= 15 is 0 Å². The molecule has 0 aliphatic rings. The second-order valence-corrected chi connectivity index (χ2v) is 5.65. The molecule has 0 aliphatic heterocycles. The Hall–Kier alpha value is -1.45. The molecule has 2 radical (unpaired) electrons. The summed E-state index contributed by atoms with van der Waals surface area (Å²) in [5.74, 6) is -1.50. The summed E-state index contributed by atoms with van der Waals surface area (Å²) < 4.78 is 19.8. The van der Waals surface area contributed by atoms with Gasteiger partial charge in [0.05, 0.1) is 19.0 Å². The fourth-order valence-corrected chi connectivity index (χ4v) is 1.61. The minimum atomic E-state index is -0.977. The van der Waals surface area contributed by atoms with Crippen LogP contribution in [0.1, 0.15) is 55.3 Å². The molecule has 1 aromatic rings. The predicted octanol–water partition coefficient (Wildman–Crippen LogP) is 2.77. The van der Waals surface area contributed by atoms with Crippen LogP contribution < -0.4 is 4.74 Å². The van der Waals surface area contributed by atoms with Crippen molar-refractivity contribution in [1.82, 2.24) is 0 Å². The largest absolute Gasteiger partial charge is 2.00 e. The molecule has 0 fully saturated rings. The number of hydrogen-bond acceptors (Lipinski definition) is 7. The van der Waals surface area contributed by atoms with Crippen LogP contribution in [0.5, 0.6) is 5.75 Å². The van der Waals surface area contributed by atoms with E-state index in [9.17, 15) is 14.4 Å². The summed E-state index contributed by atoms with van der Waals surface area (Å²) in [6, 6.07) is 5.08. The Kier molecular flexibility index (Phi) is 12.4. The second kappa shape index (κ2) is 12.0. The van der Waals surface area contributed by atoms with Crippen LogP contribution in [-0.2, 0) is 31.3 Å². The van der Waals surface area contributed by atoms with Crippen LogP contribution in [0.15, 0.2) is 12.1 Å². The van der Waals surface area contributed by atoms with Crippen molar-refractivity contribution in [3.63, 3.8) is 0 Å². The zero-order valence-electron chi connectivity index (χ0n) is 15.7. The molecule has 7 nitrogen and oxygen atoms in total. The van der Waals surface area contributed by atoms with Crippen LogP contribution in [-0.4, -0.2) is 55.8 Å². The van der Waals surface area contributed by atoms with Gasteiger partial charge in [0.2, 0.25) is 5.97 Å². The van der Waals surface area contributed by atoms with Crippen molar-refractivity contribution < 1.29 is 50.4 Å². The maximum atomic E-state index is 11.9. The SMILES string of the molecule is CCOC(=O)c1[c-]c(OC(=O)OC(C)(C)C)cc(C(=O)OCC)c1.[Cu+2].[Li]. The van der Waals surface area contributed by atoms with Crippen LogP contribution >= 0.6 is 0 Å². The summed E-state index contributed by atoms with van der Waals surface area (Å²) in [7, 11) is 0. The Morgan fingerprint density at radius 2 is 1.54 bits per heavy atom. The maximum absolute atomic E-state index is 11.9. The van der Waals surface area contributed by atoms with Gasteiger partial charge in [-0.15, -0.1) is 6.07 Å². The van der Waals surface area contributed by atoms with Crippen LogP contribution in [0.2, 0.25) is 0 Å². The van der Waals surface area contributed by atoms with Crippen LogP contribution in [0, 0.1) is 6.07 Å². The van der Waals surface area contributed by atoms with Crippen LogP contribution in [0.25, 0.3) is 0 Å². The van der Waals surface area contributed by atoms with Gasteiger partial charge in [-0.2, -0.15) is 0 Å². The standard InChI is InChI=1S/C17H21O7.Cu.Li/c1-6-21-14(18)11-8-12(15(19)22-7-2)10-13(9-11)23-16(20)24-17(3,4)5;;/h8-9H,6-7H2,1-5H3;;/q-1;+2;. The molecule has 0 aromatic heterocycles. The van der Waals surface area contributed by atoms with Gasteiger partial charge in [0.15, 0.2) is 0 Å². The summed E-state index contributed by atoms with van der Waals surface area (Å²) in [6.45, 7) is 8.64. The predicted molar refractivity (Wildman–Crippen MR) is 89.8 cm³/mol. The maximum Gasteiger partial charge on any atom is 2.00 e. The average molecular weight is 408 g/mol. The Bertz CT molecular complexity index is 590. The van der Waals surface area contributed by atoms with Gasteiger partial charge in [-0.3, -0.25) is 0 Å². The van der Waals surface area contributed by atoms with E-state index in [2.05, 4.69) is 6.07 Å². The van der Waals surface area contributed by atoms with Crippen molar-refractivity contribution in [2.24, 2.45) is 0 Å². The zero-order chi connectivity index (χ0) is 18.3. The molecule has 0 saturated carbocycles. The van der Waals surface area contributed by atoms with E-state index in [4.69, 9.17) is 18.9 Å². The summed E-state index contributed by atoms with van der Waals surface area (Å²) in [6.07, 6.45) is -0.977. The number of hydrogen-bond donors (Lipinski definition) is 0. The first-order chi connectivity index (χ1) is 11.2. The quantitative estimate of drug-likeness (QED) is 0.244. The number of benzene rings is 1. The molecule has 0 heterocycles. The van der Waals surface area contributed by atoms with Gasteiger partial charge < -0.3 is 23.7 Å². The number of esters is 2. The first kappa shape index (κ1) is 26.8. The van der Waals surface area contributed by atoms with Gasteiger partial charge in [-0.25, -0.2) is 9.59 Å². The number of carbonyl (C=O) groups is 3.